The first kappa shape index (κ1) is 20.1. The number of halogens is 1. The van der Waals surface area contributed by atoms with E-state index >= 15 is 0 Å². The molecule has 0 aliphatic rings. The van der Waals surface area contributed by atoms with Crippen molar-refractivity contribution in [1.29, 1.82) is 0 Å². The highest BCUT2D eigenvalue weighted by Crippen LogP contribution is 2.30. The summed E-state index contributed by atoms with van der Waals surface area (Å²) in [5.41, 5.74) is 1.11. The van der Waals surface area contributed by atoms with Gasteiger partial charge in [-0.1, -0.05) is 11.6 Å². The quantitative estimate of drug-likeness (QED) is 0.631. The summed E-state index contributed by atoms with van der Waals surface area (Å²) in [6.45, 7) is 3.54. The molecule has 0 aliphatic carbocycles. The molecule has 1 N–H and O–H groups in total. The van der Waals surface area contributed by atoms with E-state index in [0.29, 0.717) is 5.69 Å². The van der Waals surface area contributed by atoms with Crippen LogP contribution in [0.25, 0.3) is 0 Å². The van der Waals surface area contributed by atoms with Gasteiger partial charge in [0.2, 0.25) is 5.78 Å². The molecular weight excluding hydrogens is 404 g/mol. The van der Waals surface area contributed by atoms with Crippen LogP contribution < -0.4 is 5.56 Å². The SMILES string of the molecule is Cc1cnn(Cc2c(S(C)(=O)=O)ccc(C(=O)c3c(C)[nH]n(C)c3=O)c2Cl)c1. The van der Waals surface area contributed by atoms with Crippen LogP contribution in [0.4, 0.5) is 0 Å². The van der Waals surface area contributed by atoms with Crippen LogP contribution in [0.15, 0.2) is 34.2 Å². The van der Waals surface area contributed by atoms with E-state index in [-0.39, 0.29) is 33.2 Å². The summed E-state index contributed by atoms with van der Waals surface area (Å²) < 4.78 is 27.2. The molecule has 8 nitrogen and oxygen atoms in total. The topological polar surface area (TPSA) is 107 Å². The van der Waals surface area contributed by atoms with Gasteiger partial charge < -0.3 is 0 Å². The first-order valence-corrected chi connectivity index (χ1v) is 10.6. The predicted molar refractivity (Wildman–Crippen MR) is 105 cm³/mol. The lowest BCUT2D eigenvalue weighted by molar-refractivity contribution is 0.103. The second kappa shape index (κ2) is 7.06. The van der Waals surface area contributed by atoms with Crippen molar-refractivity contribution in [3.63, 3.8) is 0 Å². The van der Waals surface area contributed by atoms with Gasteiger partial charge in [0.1, 0.15) is 5.56 Å². The molecule has 0 aliphatic heterocycles. The molecule has 0 spiro atoms. The molecule has 3 rings (SSSR count). The summed E-state index contributed by atoms with van der Waals surface area (Å²) in [7, 11) is -2.09. The monoisotopic (exact) mass is 422 g/mol. The Labute approximate surface area is 166 Å². The van der Waals surface area contributed by atoms with Gasteiger partial charge in [0, 0.05) is 36.3 Å². The zero-order chi connectivity index (χ0) is 20.8. The molecule has 0 atom stereocenters. The van der Waals surface area contributed by atoms with Crippen molar-refractivity contribution in [3.8, 4) is 0 Å². The Morgan fingerprint density at radius 3 is 2.46 bits per heavy atom. The number of hydrogen-bond donors (Lipinski definition) is 1. The fourth-order valence-electron chi connectivity index (χ4n) is 3.08. The zero-order valence-corrected chi connectivity index (χ0v) is 17.3. The van der Waals surface area contributed by atoms with Gasteiger partial charge in [-0.25, -0.2) is 8.42 Å². The fraction of sp³-hybridized carbons (Fsp3) is 0.278. The summed E-state index contributed by atoms with van der Waals surface area (Å²) >= 11 is 6.49. The lowest BCUT2D eigenvalue weighted by Crippen LogP contribution is -2.20. The number of aromatic amines is 1. The Morgan fingerprint density at radius 1 is 1.29 bits per heavy atom. The maximum atomic E-state index is 13.0. The third-order valence-electron chi connectivity index (χ3n) is 4.38. The van der Waals surface area contributed by atoms with Gasteiger partial charge >= 0.3 is 0 Å². The summed E-state index contributed by atoms with van der Waals surface area (Å²) in [6, 6.07) is 2.68. The molecule has 10 heteroatoms. The van der Waals surface area contributed by atoms with Gasteiger partial charge in [0.25, 0.3) is 5.56 Å². The summed E-state index contributed by atoms with van der Waals surface area (Å²) in [5, 5.41) is 6.92. The minimum absolute atomic E-state index is 0.0104. The maximum Gasteiger partial charge on any atom is 0.277 e. The largest absolute Gasteiger partial charge is 0.299 e. The normalized spacial score (nSPS) is 11.8. The summed E-state index contributed by atoms with van der Waals surface area (Å²) in [5.74, 6) is -0.567. The average molecular weight is 423 g/mol. The van der Waals surface area contributed by atoms with E-state index in [1.165, 1.54) is 23.9 Å². The molecule has 0 unspecified atom stereocenters. The second-order valence-corrected chi connectivity index (χ2v) is 9.06. The van der Waals surface area contributed by atoms with E-state index < -0.39 is 21.2 Å². The first-order chi connectivity index (χ1) is 13.0. The standard InChI is InChI=1S/C18H19ClN4O4S/c1-10-7-20-23(8-10)9-13-14(28(4,26)27)6-5-12(16(13)19)17(24)15-11(2)21-22(3)18(15)25/h5-8,21H,9H2,1-4H3. The zero-order valence-electron chi connectivity index (χ0n) is 15.8. The Bertz CT molecular complexity index is 1250. The van der Waals surface area contributed by atoms with Crippen LogP contribution in [-0.4, -0.2) is 40.0 Å². The van der Waals surface area contributed by atoms with Gasteiger partial charge in [-0.15, -0.1) is 0 Å². The molecule has 0 saturated carbocycles. The van der Waals surface area contributed by atoms with Gasteiger partial charge in [-0.2, -0.15) is 5.10 Å². The molecule has 148 valence electrons. The minimum Gasteiger partial charge on any atom is -0.299 e. The number of H-pyrrole nitrogens is 1. The van der Waals surface area contributed by atoms with Crippen molar-refractivity contribution < 1.29 is 13.2 Å². The third kappa shape index (κ3) is 3.55. The number of hydrogen-bond acceptors (Lipinski definition) is 5. The van der Waals surface area contributed by atoms with Crippen LogP contribution >= 0.6 is 11.6 Å². The highest BCUT2D eigenvalue weighted by atomic mass is 35.5. The van der Waals surface area contributed by atoms with E-state index in [9.17, 15) is 18.0 Å². The lowest BCUT2D eigenvalue weighted by atomic mass is 10.0. The van der Waals surface area contributed by atoms with E-state index in [2.05, 4.69) is 10.2 Å². The fourth-order valence-corrected chi connectivity index (χ4v) is 4.37. The number of nitrogens with zero attached hydrogens (tertiary/aromatic N) is 3. The molecule has 28 heavy (non-hydrogen) atoms. The van der Waals surface area contributed by atoms with Crippen LogP contribution in [0.2, 0.25) is 5.02 Å². The van der Waals surface area contributed by atoms with Crippen LogP contribution in [-0.2, 0) is 23.4 Å². The van der Waals surface area contributed by atoms with Crippen molar-refractivity contribution >= 4 is 27.2 Å². The number of carbonyl (C=O) groups excluding carboxylic acids is 1. The molecular formula is C18H19ClN4O4S. The van der Waals surface area contributed by atoms with Crippen LogP contribution in [0, 0.1) is 13.8 Å². The van der Waals surface area contributed by atoms with Gasteiger partial charge in [-0.05, 0) is 31.5 Å². The number of nitrogens with one attached hydrogen (secondary N) is 1. The van der Waals surface area contributed by atoms with Crippen molar-refractivity contribution in [3.05, 3.63) is 67.9 Å². The second-order valence-electron chi connectivity index (χ2n) is 6.70. The predicted octanol–water partition coefficient (Wildman–Crippen LogP) is 1.86. The molecule has 0 bridgehead atoms. The maximum absolute atomic E-state index is 13.0. The van der Waals surface area contributed by atoms with Crippen LogP contribution in [0.5, 0.6) is 0 Å². The summed E-state index contributed by atoms with van der Waals surface area (Å²) in [6.07, 6.45) is 4.45. The Kier molecular flexibility index (Phi) is 5.07. The number of benzene rings is 1. The van der Waals surface area contributed by atoms with Crippen LogP contribution in [0.1, 0.15) is 32.7 Å². The molecule has 0 fully saturated rings. The molecule has 1 aromatic carbocycles. The highest BCUT2D eigenvalue weighted by Gasteiger charge is 2.26. The van der Waals surface area contributed by atoms with E-state index in [0.717, 1.165) is 11.8 Å². The number of ketones is 1. The first-order valence-electron chi connectivity index (χ1n) is 8.31. The number of carbonyl (C=O) groups is 1. The van der Waals surface area contributed by atoms with Crippen molar-refractivity contribution in [2.75, 3.05) is 6.26 Å². The molecule has 0 radical (unpaired) electrons. The highest BCUT2D eigenvalue weighted by molar-refractivity contribution is 7.90. The molecule has 2 aromatic heterocycles. The number of sulfone groups is 1. The Hall–Kier alpha value is -2.65. The van der Waals surface area contributed by atoms with E-state index in [4.69, 9.17) is 11.6 Å². The number of rotatable bonds is 5. The Balaban J connectivity index is 2.20. The van der Waals surface area contributed by atoms with E-state index in [1.807, 2.05) is 6.92 Å². The van der Waals surface area contributed by atoms with Crippen LogP contribution in [0.3, 0.4) is 0 Å². The van der Waals surface area contributed by atoms with Crippen molar-refractivity contribution in [1.82, 2.24) is 19.6 Å². The molecule has 0 amide bonds. The van der Waals surface area contributed by atoms with E-state index in [1.54, 1.807) is 24.0 Å². The smallest absolute Gasteiger partial charge is 0.277 e. The average Bonchev–Trinajstić information content (AvgIpc) is 3.10. The third-order valence-corrected chi connectivity index (χ3v) is 6.00. The Morgan fingerprint density at radius 2 is 1.96 bits per heavy atom. The van der Waals surface area contributed by atoms with Gasteiger partial charge in [-0.3, -0.25) is 24.1 Å². The van der Waals surface area contributed by atoms with Crippen molar-refractivity contribution in [2.45, 2.75) is 25.3 Å². The lowest BCUT2D eigenvalue weighted by Gasteiger charge is -2.13. The molecule has 0 saturated heterocycles. The minimum atomic E-state index is -3.60. The number of aryl methyl sites for hydroxylation is 3. The summed E-state index contributed by atoms with van der Waals surface area (Å²) in [4.78, 5) is 25.3. The number of aromatic nitrogens is 4. The van der Waals surface area contributed by atoms with Gasteiger partial charge in [0.05, 0.1) is 22.7 Å². The van der Waals surface area contributed by atoms with Crippen molar-refractivity contribution in [2.24, 2.45) is 7.05 Å². The van der Waals surface area contributed by atoms with Gasteiger partial charge in [0.15, 0.2) is 9.84 Å². The molecule has 3 aromatic rings. The molecule has 2 heterocycles.